The van der Waals surface area contributed by atoms with Crippen LogP contribution < -0.4 is 4.72 Å². The summed E-state index contributed by atoms with van der Waals surface area (Å²) < 4.78 is 41.5. The first kappa shape index (κ1) is 16.4. The molecule has 0 saturated carbocycles. The molecule has 2 aromatic rings. The third-order valence-corrected chi connectivity index (χ3v) is 5.69. The van der Waals surface area contributed by atoms with Crippen LogP contribution in [-0.2, 0) is 22.9 Å². The zero-order chi connectivity index (χ0) is 17.5. The fourth-order valence-electron chi connectivity index (χ4n) is 2.90. The molecule has 2 N–H and O–H groups in total. The standard InChI is InChI=1S/C17H16FNO4S/c1-10-15(18)8-13(17(20)21)9-16(10)24(22,23)19-14-6-5-11-3-2-4-12(11)7-14/h5-9,19H,2-4H2,1H3,(H,20,21). The molecule has 126 valence electrons. The Bertz CT molecular complexity index is 938. The number of anilines is 1. The van der Waals surface area contributed by atoms with Crippen LogP contribution in [-0.4, -0.2) is 19.5 Å². The molecule has 24 heavy (non-hydrogen) atoms. The van der Waals surface area contributed by atoms with Crippen molar-refractivity contribution in [1.29, 1.82) is 0 Å². The molecule has 0 bridgehead atoms. The van der Waals surface area contributed by atoms with Crippen LogP contribution >= 0.6 is 0 Å². The minimum atomic E-state index is -4.09. The molecular formula is C17H16FNO4S. The van der Waals surface area contributed by atoms with Gasteiger partial charge in [0.25, 0.3) is 10.0 Å². The SMILES string of the molecule is Cc1c(F)cc(C(=O)O)cc1S(=O)(=O)Nc1ccc2c(c1)CCC2. The van der Waals surface area contributed by atoms with E-state index in [1.807, 2.05) is 6.07 Å². The van der Waals surface area contributed by atoms with E-state index in [9.17, 15) is 17.6 Å². The molecule has 0 spiro atoms. The van der Waals surface area contributed by atoms with Crippen molar-refractivity contribution in [1.82, 2.24) is 0 Å². The fraction of sp³-hybridized carbons (Fsp3) is 0.235. The van der Waals surface area contributed by atoms with Gasteiger partial charge in [-0.2, -0.15) is 0 Å². The second-order valence-electron chi connectivity index (χ2n) is 5.83. The highest BCUT2D eigenvalue weighted by molar-refractivity contribution is 7.92. The second kappa shape index (κ2) is 5.90. The number of carbonyl (C=O) groups is 1. The number of halogens is 1. The molecule has 5 nitrogen and oxygen atoms in total. The van der Waals surface area contributed by atoms with Crippen molar-refractivity contribution in [2.45, 2.75) is 31.1 Å². The maximum Gasteiger partial charge on any atom is 0.335 e. The lowest BCUT2D eigenvalue weighted by Crippen LogP contribution is -2.16. The highest BCUT2D eigenvalue weighted by atomic mass is 32.2. The smallest absolute Gasteiger partial charge is 0.335 e. The average Bonchev–Trinajstić information content (AvgIpc) is 2.96. The maximum absolute atomic E-state index is 13.9. The molecule has 0 unspecified atom stereocenters. The van der Waals surface area contributed by atoms with E-state index in [0.717, 1.165) is 37.0 Å². The summed E-state index contributed by atoms with van der Waals surface area (Å²) in [6.45, 7) is 1.30. The maximum atomic E-state index is 13.9. The Morgan fingerprint density at radius 1 is 1.17 bits per heavy atom. The van der Waals surface area contributed by atoms with Gasteiger partial charge >= 0.3 is 5.97 Å². The van der Waals surface area contributed by atoms with Gasteiger partial charge < -0.3 is 5.11 Å². The number of benzene rings is 2. The van der Waals surface area contributed by atoms with Crippen molar-refractivity contribution in [3.63, 3.8) is 0 Å². The van der Waals surface area contributed by atoms with Crippen molar-refractivity contribution in [3.8, 4) is 0 Å². The lowest BCUT2D eigenvalue weighted by Gasteiger charge is -2.13. The van der Waals surface area contributed by atoms with Crippen LogP contribution in [0.1, 0.15) is 33.5 Å². The van der Waals surface area contributed by atoms with Gasteiger partial charge in [0.2, 0.25) is 0 Å². The number of carboxylic acid groups (broad SMARTS) is 1. The molecule has 0 saturated heterocycles. The predicted octanol–water partition coefficient (Wildman–Crippen LogP) is 3.12. The van der Waals surface area contributed by atoms with Gasteiger partial charge in [0.1, 0.15) is 5.82 Å². The Balaban J connectivity index is 2.00. The van der Waals surface area contributed by atoms with Crippen molar-refractivity contribution < 1.29 is 22.7 Å². The van der Waals surface area contributed by atoms with Crippen LogP contribution in [0.3, 0.4) is 0 Å². The third kappa shape index (κ3) is 2.99. The zero-order valence-corrected chi connectivity index (χ0v) is 13.8. The van der Waals surface area contributed by atoms with Crippen LogP contribution in [0.25, 0.3) is 0 Å². The highest BCUT2D eigenvalue weighted by Crippen LogP contribution is 2.27. The van der Waals surface area contributed by atoms with Crippen molar-refractivity contribution in [2.24, 2.45) is 0 Å². The fourth-order valence-corrected chi connectivity index (χ4v) is 4.23. The third-order valence-electron chi connectivity index (χ3n) is 4.18. The predicted molar refractivity (Wildman–Crippen MR) is 87.4 cm³/mol. The van der Waals surface area contributed by atoms with E-state index >= 15 is 0 Å². The lowest BCUT2D eigenvalue weighted by molar-refractivity contribution is 0.0696. The van der Waals surface area contributed by atoms with Gasteiger partial charge in [-0.3, -0.25) is 4.72 Å². The molecule has 0 aliphatic heterocycles. The number of sulfonamides is 1. The molecule has 3 rings (SSSR count). The molecule has 1 aliphatic rings. The van der Waals surface area contributed by atoms with Crippen LogP contribution in [0.4, 0.5) is 10.1 Å². The van der Waals surface area contributed by atoms with E-state index in [1.165, 1.54) is 12.5 Å². The Morgan fingerprint density at radius 3 is 2.58 bits per heavy atom. The van der Waals surface area contributed by atoms with Crippen molar-refractivity contribution >= 4 is 21.7 Å². The summed E-state index contributed by atoms with van der Waals surface area (Å²) in [5, 5.41) is 9.00. The van der Waals surface area contributed by atoms with E-state index in [-0.39, 0.29) is 10.5 Å². The van der Waals surface area contributed by atoms with Gasteiger partial charge in [-0.15, -0.1) is 0 Å². The summed E-state index contributed by atoms with van der Waals surface area (Å²) in [4.78, 5) is 10.7. The van der Waals surface area contributed by atoms with Crippen molar-refractivity contribution in [2.75, 3.05) is 4.72 Å². The molecule has 0 fully saturated rings. The molecular weight excluding hydrogens is 333 g/mol. The molecule has 2 aromatic carbocycles. The number of fused-ring (bicyclic) bond motifs is 1. The lowest BCUT2D eigenvalue weighted by atomic mass is 10.1. The van der Waals surface area contributed by atoms with E-state index < -0.39 is 27.4 Å². The molecule has 0 radical (unpaired) electrons. The van der Waals surface area contributed by atoms with Gasteiger partial charge in [-0.25, -0.2) is 17.6 Å². The summed E-state index contributed by atoms with van der Waals surface area (Å²) in [7, 11) is -4.09. The first-order valence-electron chi connectivity index (χ1n) is 7.46. The first-order chi connectivity index (χ1) is 11.3. The number of carboxylic acids is 1. The largest absolute Gasteiger partial charge is 0.478 e. The summed E-state index contributed by atoms with van der Waals surface area (Å²) >= 11 is 0. The van der Waals surface area contributed by atoms with Crippen LogP contribution in [0.15, 0.2) is 35.2 Å². The van der Waals surface area contributed by atoms with E-state index in [0.29, 0.717) is 5.69 Å². The van der Waals surface area contributed by atoms with Crippen LogP contribution in [0.2, 0.25) is 0 Å². The van der Waals surface area contributed by atoms with Crippen molar-refractivity contribution in [3.05, 3.63) is 58.4 Å². The van der Waals surface area contributed by atoms with Gasteiger partial charge in [0.05, 0.1) is 10.5 Å². The van der Waals surface area contributed by atoms with Gasteiger partial charge in [0, 0.05) is 11.3 Å². The monoisotopic (exact) mass is 349 g/mol. The van der Waals surface area contributed by atoms with E-state index in [2.05, 4.69) is 4.72 Å². The summed E-state index contributed by atoms with van der Waals surface area (Å²) in [5.74, 6) is -2.26. The number of hydrogen-bond acceptors (Lipinski definition) is 3. The van der Waals surface area contributed by atoms with E-state index in [4.69, 9.17) is 5.11 Å². The number of aromatic carboxylic acids is 1. The summed E-state index contributed by atoms with van der Waals surface area (Å²) in [6.07, 6.45) is 2.91. The number of aryl methyl sites for hydroxylation is 2. The van der Waals surface area contributed by atoms with Crippen LogP contribution in [0, 0.1) is 12.7 Å². The van der Waals surface area contributed by atoms with Gasteiger partial charge in [-0.05, 0) is 61.6 Å². The highest BCUT2D eigenvalue weighted by Gasteiger charge is 2.23. The Labute approximate surface area is 139 Å². The van der Waals surface area contributed by atoms with Gasteiger partial charge in [0.15, 0.2) is 0 Å². The molecule has 0 atom stereocenters. The molecule has 0 heterocycles. The number of hydrogen-bond donors (Lipinski definition) is 2. The first-order valence-corrected chi connectivity index (χ1v) is 8.94. The number of rotatable bonds is 4. The Morgan fingerprint density at radius 2 is 1.88 bits per heavy atom. The molecule has 7 heteroatoms. The summed E-state index contributed by atoms with van der Waals surface area (Å²) in [5.41, 5.74) is 2.16. The minimum Gasteiger partial charge on any atom is -0.478 e. The molecule has 0 amide bonds. The normalized spacial score (nSPS) is 13.6. The quantitative estimate of drug-likeness (QED) is 0.888. The topological polar surface area (TPSA) is 83.5 Å². The van der Waals surface area contributed by atoms with E-state index in [1.54, 1.807) is 12.1 Å². The van der Waals surface area contributed by atoms with Gasteiger partial charge in [-0.1, -0.05) is 6.07 Å². The second-order valence-corrected chi connectivity index (χ2v) is 7.48. The Hall–Kier alpha value is -2.41. The summed E-state index contributed by atoms with van der Waals surface area (Å²) in [6, 6.07) is 7.09. The molecule has 1 aliphatic carbocycles. The molecule has 0 aromatic heterocycles. The minimum absolute atomic E-state index is 0.117. The Kier molecular flexibility index (Phi) is 4.04. The van der Waals surface area contributed by atoms with Crippen LogP contribution in [0.5, 0.6) is 0 Å². The average molecular weight is 349 g/mol. The number of nitrogens with one attached hydrogen (secondary N) is 1. The zero-order valence-electron chi connectivity index (χ0n) is 13.0.